The first kappa shape index (κ1) is 16.1. The summed E-state index contributed by atoms with van der Waals surface area (Å²) in [5.74, 6) is 0.00983. The first-order chi connectivity index (χ1) is 9.24. The summed E-state index contributed by atoms with van der Waals surface area (Å²) < 4.78 is 5.34. The second-order valence-electron chi connectivity index (χ2n) is 5.69. The van der Waals surface area contributed by atoms with Crippen molar-refractivity contribution in [3.63, 3.8) is 0 Å². The number of carbonyl (C=O) groups is 1. The third-order valence-corrected chi connectivity index (χ3v) is 2.84. The zero-order valence-electron chi connectivity index (χ0n) is 12.6. The fourth-order valence-electron chi connectivity index (χ4n) is 1.95. The number of nitrogens with zero attached hydrogens (tertiary/aromatic N) is 2. The molecule has 0 unspecified atom stereocenters. The molecule has 0 spiro atoms. The zero-order chi connectivity index (χ0) is 15.3. The standard InChI is InChI=1S/C15H24N2O3/c1-6-7-13(12(2)18)16-8-10-17(11-9-16)14(19)20-15(3,4)5/h6-7,18H,1-2,8-11H2,3-5H3/b13-7+. The van der Waals surface area contributed by atoms with Crippen LogP contribution in [0.15, 0.2) is 36.8 Å². The van der Waals surface area contributed by atoms with Gasteiger partial charge in [0.05, 0.1) is 5.70 Å². The van der Waals surface area contributed by atoms with E-state index in [1.807, 2.05) is 25.7 Å². The fraction of sp³-hybridized carbons (Fsp3) is 0.533. The van der Waals surface area contributed by atoms with Gasteiger partial charge in [0.15, 0.2) is 0 Å². The third kappa shape index (κ3) is 4.64. The van der Waals surface area contributed by atoms with E-state index in [2.05, 4.69) is 13.2 Å². The molecular formula is C15H24N2O3. The highest BCUT2D eigenvalue weighted by atomic mass is 16.6. The van der Waals surface area contributed by atoms with Crippen molar-refractivity contribution in [2.45, 2.75) is 26.4 Å². The molecule has 1 fully saturated rings. The lowest BCUT2D eigenvalue weighted by Crippen LogP contribution is -2.49. The smallest absolute Gasteiger partial charge is 0.410 e. The normalized spacial score (nSPS) is 16.9. The first-order valence-electron chi connectivity index (χ1n) is 6.68. The van der Waals surface area contributed by atoms with Crippen LogP contribution < -0.4 is 0 Å². The molecule has 1 saturated heterocycles. The molecule has 5 nitrogen and oxygen atoms in total. The van der Waals surface area contributed by atoms with Crippen LogP contribution in [0.1, 0.15) is 20.8 Å². The number of hydrogen-bond donors (Lipinski definition) is 1. The van der Waals surface area contributed by atoms with Crippen molar-refractivity contribution in [3.8, 4) is 0 Å². The Hall–Kier alpha value is -1.91. The molecule has 1 rings (SSSR count). The van der Waals surface area contributed by atoms with E-state index < -0.39 is 5.60 Å². The van der Waals surface area contributed by atoms with Crippen molar-refractivity contribution in [1.29, 1.82) is 0 Å². The summed E-state index contributed by atoms with van der Waals surface area (Å²) in [6.45, 7) is 15.1. The Kier molecular flexibility index (Phi) is 5.25. The maximum Gasteiger partial charge on any atom is 0.410 e. The Balaban J connectivity index is 2.59. The van der Waals surface area contributed by atoms with Gasteiger partial charge in [0, 0.05) is 26.2 Å². The second-order valence-corrected chi connectivity index (χ2v) is 5.69. The summed E-state index contributed by atoms with van der Waals surface area (Å²) in [6.07, 6.45) is 3.02. The third-order valence-electron chi connectivity index (χ3n) is 2.84. The number of ether oxygens (including phenoxy) is 1. The fourth-order valence-corrected chi connectivity index (χ4v) is 1.95. The van der Waals surface area contributed by atoms with Crippen molar-refractivity contribution in [2.24, 2.45) is 0 Å². The molecule has 112 valence electrons. The van der Waals surface area contributed by atoms with Crippen LogP contribution in [0.3, 0.4) is 0 Å². The molecular weight excluding hydrogens is 256 g/mol. The van der Waals surface area contributed by atoms with Crippen LogP contribution in [-0.2, 0) is 4.74 Å². The van der Waals surface area contributed by atoms with Crippen LogP contribution in [-0.4, -0.2) is 52.8 Å². The van der Waals surface area contributed by atoms with Crippen molar-refractivity contribution < 1.29 is 14.6 Å². The minimum atomic E-state index is -0.485. The Morgan fingerprint density at radius 1 is 1.20 bits per heavy atom. The maximum atomic E-state index is 11.9. The number of aliphatic hydroxyl groups is 1. The Bertz CT molecular complexity index is 413. The van der Waals surface area contributed by atoms with E-state index >= 15 is 0 Å². The summed E-state index contributed by atoms with van der Waals surface area (Å²) in [5, 5.41) is 9.57. The molecule has 1 amide bonds. The Morgan fingerprint density at radius 2 is 1.70 bits per heavy atom. The number of amides is 1. The quantitative estimate of drug-likeness (QED) is 0.638. The van der Waals surface area contributed by atoms with E-state index in [9.17, 15) is 9.90 Å². The van der Waals surface area contributed by atoms with E-state index in [4.69, 9.17) is 4.74 Å². The van der Waals surface area contributed by atoms with E-state index in [0.29, 0.717) is 31.9 Å². The Labute approximate surface area is 120 Å². The van der Waals surface area contributed by atoms with E-state index in [1.165, 1.54) is 0 Å². The first-order valence-corrected chi connectivity index (χ1v) is 6.68. The van der Waals surface area contributed by atoms with Gasteiger partial charge in [-0.2, -0.15) is 0 Å². The van der Waals surface area contributed by atoms with Crippen molar-refractivity contribution >= 4 is 6.09 Å². The second kappa shape index (κ2) is 6.50. The van der Waals surface area contributed by atoms with Gasteiger partial charge < -0.3 is 19.6 Å². The van der Waals surface area contributed by atoms with Crippen LogP contribution in [0.25, 0.3) is 0 Å². The van der Waals surface area contributed by atoms with Gasteiger partial charge in [-0.25, -0.2) is 4.79 Å². The summed E-state index contributed by atoms with van der Waals surface area (Å²) in [6, 6.07) is 0. The van der Waals surface area contributed by atoms with Gasteiger partial charge in [-0.15, -0.1) is 0 Å². The van der Waals surface area contributed by atoms with Crippen LogP contribution in [0.2, 0.25) is 0 Å². The molecule has 20 heavy (non-hydrogen) atoms. The molecule has 0 aromatic rings. The van der Waals surface area contributed by atoms with Crippen LogP contribution in [0.5, 0.6) is 0 Å². The predicted octanol–water partition coefficient (Wildman–Crippen LogP) is 2.68. The maximum absolute atomic E-state index is 11.9. The summed E-state index contributed by atoms with van der Waals surface area (Å²) in [5.41, 5.74) is 0.158. The van der Waals surface area contributed by atoms with E-state index in [0.717, 1.165) is 0 Å². The molecule has 0 aliphatic carbocycles. The number of carbonyl (C=O) groups excluding carboxylic acids is 1. The summed E-state index contributed by atoms with van der Waals surface area (Å²) in [4.78, 5) is 15.6. The molecule has 0 aromatic heterocycles. The van der Waals surface area contributed by atoms with Gasteiger partial charge in [0.1, 0.15) is 11.4 Å². The minimum Gasteiger partial charge on any atom is -0.506 e. The van der Waals surface area contributed by atoms with Crippen LogP contribution >= 0.6 is 0 Å². The van der Waals surface area contributed by atoms with Gasteiger partial charge >= 0.3 is 6.09 Å². The summed E-state index contributed by atoms with van der Waals surface area (Å²) in [7, 11) is 0. The van der Waals surface area contributed by atoms with Crippen molar-refractivity contribution in [1.82, 2.24) is 9.80 Å². The molecule has 0 bridgehead atoms. The monoisotopic (exact) mass is 280 g/mol. The lowest BCUT2D eigenvalue weighted by Gasteiger charge is -2.37. The Morgan fingerprint density at radius 3 is 2.10 bits per heavy atom. The van der Waals surface area contributed by atoms with Gasteiger partial charge in [-0.3, -0.25) is 0 Å². The zero-order valence-corrected chi connectivity index (χ0v) is 12.6. The number of allylic oxidation sites excluding steroid dienone is 2. The van der Waals surface area contributed by atoms with E-state index in [-0.39, 0.29) is 11.9 Å². The minimum absolute atomic E-state index is 0.00983. The number of hydrogen-bond acceptors (Lipinski definition) is 4. The van der Waals surface area contributed by atoms with Gasteiger partial charge in [0.2, 0.25) is 0 Å². The molecule has 1 heterocycles. The van der Waals surface area contributed by atoms with Crippen molar-refractivity contribution in [3.05, 3.63) is 36.8 Å². The number of piperazine rings is 1. The molecule has 0 aromatic carbocycles. The van der Waals surface area contributed by atoms with Gasteiger partial charge in [0.25, 0.3) is 0 Å². The predicted molar refractivity (Wildman–Crippen MR) is 79.4 cm³/mol. The SMILES string of the molecule is C=C/C=C(\C(=C)O)N1CCN(C(=O)OC(C)(C)C)CC1. The molecule has 5 heteroatoms. The molecule has 1 aliphatic heterocycles. The number of aliphatic hydroxyl groups excluding tert-OH is 1. The molecule has 1 N–H and O–H groups in total. The molecule has 1 aliphatic rings. The average molecular weight is 280 g/mol. The number of rotatable bonds is 3. The van der Waals surface area contributed by atoms with E-state index in [1.54, 1.807) is 17.1 Å². The highest BCUT2D eigenvalue weighted by Gasteiger charge is 2.26. The molecule has 0 saturated carbocycles. The van der Waals surface area contributed by atoms with Crippen LogP contribution in [0, 0.1) is 0 Å². The highest BCUT2D eigenvalue weighted by molar-refractivity contribution is 5.68. The lowest BCUT2D eigenvalue weighted by molar-refractivity contribution is 0.0168. The average Bonchev–Trinajstić information content (AvgIpc) is 2.33. The van der Waals surface area contributed by atoms with Gasteiger partial charge in [-0.05, 0) is 26.8 Å². The summed E-state index contributed by atoms with van der Waals surface area (Å²) >= 11 is 0. The highest BCUT2D eigenvalue weighted by Crippen LogP contribution is 2.17. The lowest BCUT2D eigenvalue weighted by atomic mass is 10.2. The molecule has 0 radical (unpaired) electrons. The molecule has 0 atom stereocenters. The van der Waals surface area contributed by atoms with Gasteiger partial charge in [-0.1, -0.05) is 19.2 Å². The largest absolute Gasteiger partial charge is 0.506 e. The topological polar surface area (TPSA) is 53.0 Å². The van der Waals surface area contributed by atoms with Crippen LogP contribution in [0.4, 0.5) is 4.79 Å². The van der Waals surface area contributed by atoms with Crippen molar-refractivity contribution in [2.75, 3.05) is 26.2 Å².